The van der Waals surface area contributed by atoms with Crippen molar-refractivity contribution >= 4 is 21.6 Å². The number of rotatable bonds is 5. The molecular weight excluding hydrogens is 273 g/mol. The molecule has 1 rings (SSSR count). The molecule has 16 heavy (non-hydrogen) atoms. The molecule has 0 amide bonds. The number of halogens is 2. The maximum absolute atomic E-state index is 13.3. The SMILES string of the molecule is CCOCC(C)Nc1cc(F)c(Br)cc1C. The molecule has 0 aliphatic rings. The summed E-state index contributed by atoms with van der Waals surface area (Å²) in [5.41, 5.74) is 1.82. The van der Waals surface area contributed by atoms with Crippen LogP contribution in [0.5, 0.6) is 0 Å². The van der Waals surface area contributed by atoms with Gasteiger partial charge in [0, 0.05) is 18.3 Å². The third-order valence-corrected chi connectivity index (χ3v) is 2.85. The lowest BCUT2D eigenvalue weighted by Gasteiger charge is -2.17. The van der Waals surface area contributed by atoms with Gasteiger partial charge in [0.05, 0.1) is 11.1 Å². The normalized spacial score (nSPS) is 12.6. The molecule has 2 nitrogen and oxygen atoms in total. The highest BCUT2D eigenvalue weighted by molar-refractivity contribution is 9.10. The molecule has 1 aromatic carbocycles. The zero-order chi connectivity index (χ0) is 12.1. The Morgan fingerprint density at radius 2 is 2.19 bits per heavy atom. The van der Waals surface area contributed by atoms with Crippen LogP contribution in [0.1, 0.15) is 19.4 Å². The third kappa shape index (κ3) is 3.76. The van der Waals surface area contributed by atoms with E-state index in [0.29, 0.717) is 17.7 Å². The fourth-order valence-corrected chi connectivity index (χ4v) is 1.86. The first-order valence-corrected chi connectivity index (χ1v) is 6.13. The Labute approximate surface area is 104 Å². The molecule has 0 aliphatic carbocycles. The molecule has 4 heteroatoms. The lowest BCUT2D eigenvalue weighted by atomic mass is 10.2. The fraction of sp³-hybridized carbons (Fsp3) is 0.500. The van der Waals surface area contributed by atoms with Crippen molar-refractivity contribution < 1.29 is 9.13 Å². The van der Waals surface area contributed by atoms with Crippen molar-refractivity contribution in [3.05, 3.63) is 28.0 Å². The molecule has 1 aromatic rings. The second-order valence-electron chi connectivity index (χ2n) is 3.79. The van der Waals surface area contributed by atoms with Crippen LogP contribution in [0.15, 0.2) is 16.6 Å². The largest absolute Gasteiger partial charge is 0.380 e. The molecule has 1 atom stereocenters. The maximum atomic E-state index is 13.3. The molecule has 1 N–H and O–H groups in total. The van der Waals surface area contributed by atoms with Crippen LogP contribution in [0.4, 0.5) is 10.1 Å². The Kier molecular flexibility index (Phi) is 5.22. The summed E-state index contributed by atoms with van der Waals surface area (Å²) in [5.74, 6) is -0.253. The van der Waals surface area contributed by atoms with Crippen LogP contribution in [-0.2, 0) is 4.74 Å². The van der Waals surface area contributed by atoms with E-state index in [0.717, 1.165) is 11.3 Å². The lowest BCUT2D eigenvalue weighted by molar-refractivity contribution is 0.141. The predicted octanol–water partition coefficient (Wildman–Crippen LogP) is 3.73. The summed E-state index contributed by atoms with van der Waals surface area (Å²) >= 11 is 3.16. The lowest BCUT2D eigenvalue weighted by Crippen LogP contribution is -2.22. The van der Waals surface area contributed by atoms with Crippen LogP contribution in [0.25, 0.3) is 0 Å². The van der Waals surface area contributed by atoms with E-state index in [1.165, 1.54) is 6.07 Å². The van der Waals surface area contributed by atoms with Crippen molar-refractivity contribution in [2.24, 2.45) is 0 Å². The summed E-state index contributed by atoms with van der Waals surface area (Å²) in [7, 11) is 0. The van der Waals surface area contributed by atoms with E-state index in [4.69, 9.17) is 4.74 Å². The van der Waals surface area contributed by atoms with Gasteiger partial charge >= 0.3 is 0 Å². The van der Waals surface area contributed by atoms with Crippen LogP contribution in [0.2, 0.25) is 0 Å². The molecule has 0 radical (unpaired) electrons. The van der Waals surface area contributed by atoms with E-state index in [-0.39, 0.29) is 11.9 Å². The van der Waals surface area contributed by atoms with Gasteiger partial charge in [-0.3, -0.25) is 0 Å². The van der Waals surface area contributed by atoms with Crippen molar-refractivity contribution in [1.29, 1.82) is 0 Å². The molecule has 90 valence electrons. The van der Waals surface area contributed by atoms with Gasteiger partial charge in [-0.25, -0.2) is 4.39 Å². The second-order valence-corrected chi connectivity index (χ2v) is 4.64. The van der Waals surface area contributed by atoms with Crippen molar-refractivity contribution in [2.45, 2.75) is 26.8 Å². The van der Waals surface area contributed by atoms with Gasteiger partial charge in [-0.05, 0) is 54.4 Å². The standard InChI is InChI=1S/C12H17BrFNO/c1-4-16-7-9(3)15-12-6-11(14)10(13)5-8(12)2/h5-6,9,15H,4,7H2,1-3H3. The zero-order valence-corrected chi connectivity index (χ0v) is 11.4. The Balaban J connectivity index is 2.69. The highest BCUT2D eigenvalue weighted by atomic mass is 79.9. The summed E-state index contributed by atoms with van der Waals surface area (Å²) in [6, 6.07) is 3.44. The molecule has 0 saturated carbocycles. The highest BCUT2D eigenvalue weighted by Gasteiger charge is 2.08. The van der Waals surface area contributed by atoms with Crippen molar-refractivity contribution in [1.82, 2.24) is 0 Å². The van der Waals surface area contributed by atoms with Crippen molar-refractivity contribution in [3.8, 4) is 0 Å². The molecule has 0 aromatic heterocycles. The Morgan fingerprint density at radius 3 is 2.81 bits per heavy atom. The Bertz CT molecular complexity index is 357. The average molecular weight is 290 g/mol. The zero-order valence-electron chi connectivity index (χ0n) is 9.81. The first-order chi connectivity index (χ1) is 7.54. The summed E-state index contributed by atoms with van der Waals surface area (Å²) in [6.07, 6.45) is 0. The van der Waals surface area contributed by atoms with E-state index < -0.39 is 0 Å². The topological polar surface area (TPSA) is 21.3 Å². The number of benzene rings is 1. The summed E-state index contributed by atoms with van der Waals surface area (Å²) < 4.78 is 19.1. The fourth-order valence-electron chi connectivity index (χ4n) is 1.40. The quantitative estimate of drug-likeness (QED) is 0.892. The molecule has 0 aliphatic heterocycles. The van der Waals surface area contributed by atoms with E-state index in [9.17, 15) is 4.39 Å². The first kappa shape index (κ1) is 13.5. The van der Waals surface area contributed by atoms with Gasteiger partial charge in [0.15, 0.2) is 0 Å². The Morgan fingerprint density at radius 1 is 1.50 bits per heavy atom. The van der Waals surface area contributed by atoms with Gasteiger partial charge in [-0.1, -0.05) is 0 Å². The van der Waals surface area contributed by atoms with Crippen LogP contribution in [-0.4, -0.2) is 19.3 Å². The number of hydrogen-bond donors (Lipinski definition) is 1. The van der Waals surface area contributed by atoms with E-state index in [2.05, 4.69) is 21.2 Å². The van der Waals surface area contributed by atoms with Crippen molar-refractivity contribution in [2.75, 3.05) is 18.5 Å². The van der Waals surface area contributed by atoms with Crippen molar-refractivity contribution in [3.63, 3.8) is 0 Å². The first-order valence-electron chi connectivity index (χ1n) is 5.34. The number of anilines is 1. The molecule has 0 heterocycles. The van der Waals surface area contributed by atoms with E-state index in [1.807, 2.05) is 20.8 Å². The second kappa shape index (κ2) is 6.21. The summed E-state index contributed by atoms with van der Waals surface area (Å²) in [5, 5.41) is 3.23. The molecule has 0 fully saturated rings. The van der Waals surface area contributed by atoms with Gasteiger partial charge in [0.25, 0.3) is 0 Å². The monoisotopic (exact) mass is 289 g/mol. The smallest absolute Gasteiger partial charge is 0.139 e. The highest BCUT2D eigenvalue weighted by Crippen LogP contribution is 2.24. The number of hydrogen-bond acceptors (Lipinski definition) is 2. The summed E-state index contributed by atoms with van der Waals surface area (Å²) in [4.78, 5) is 0. The molecule has 0 spiro atoms. The summed E-state index contributed by atoms with van der Waals surface area (Å²) in [6.45, 7) is 7.22. The molecule has 0 saturated heterocycles. The molecule has 0 bridgehead atoms. The van der Waals surface area contributed by atoms with Crippen LogP contribution in [0.3, 0.4) is 0 Å². The average Bonchev–Trinajstić information content (AvgIpc) is 2.23. The van der Waals surface area contributed by atoms with Crippen LogP contribution in [0, 0.1) is 12.7 Å². The van der Waals surface area contributed by atoms with Gasteiger partial charge in [-0.2, -0.15) is 0 Å². The van der Waals surface area contributed by atoms with Gasteiger partial charge in [-0.15, -0.1) is 0 Å². The third-order valence-electron chi connectivity index (χ3n) is 2.24. The number of ether oxygens (including phenoxy) is 1. The molecular formula is C12H17BrFNO. The van der Waals surface area contributed by atoms with Crippen LogP contribution < -0.4 is 5.32 Å². The van der Waals surface area contributed by atoms with Crippen LogP contribution >= 0.6 is 15.9 Å². The predicted molar refractivity (Wildman–Crippen MR) is 68.4 cm³/mol. The maximum Gasteiger partial charge on any atom is 0.139 e. The minimum Gasteiger partial charge on any atom is -0.380 e. The van der Waals surface area contributed by atoms with Gasteiger partial charge in [0.2, 0.25) is 0 Å². The van der Waals surface area contributed by atoms with Gasteiger partial charge < -0.3 is 10.1 Å². The molecule has 1 unspecified atom stereocenters. The number of aryl methyl sites for hydroxylation is 1. The minimum atomic E-state index is -0.253. The number of nitrogens with one attached hydrogen (secondary N) is 1. The minimum absolute atomic E-state index is 0.166. The van der Waals surface area contributed by atoms with E-state index >= 15 is 0 Å². The Hall–Kier alpha value is -0.610. The van der Waals surface area contributed by atoms with E-state index in [1.54, 1.807) is 6.07 Å². The van der Waals surface area contributed by atoms with Gasteiger partial charge in [0.1, 0.15) is 5.82 Å².